The average molecular weight is 279 g/mol. The van der Waals surface area contributed by atoms with Crippen LogP contribution in [0.2, 0.25) is 0 Å². The maximum Gasteiger partial charge on any atom is 0.364 e. The van der Waals surface area contributed by atoms with Crippen LogP contribution in [0.4, 0.5) is 5.82 Å². The summed E-state index contributed by atoms with van der Waals surface area (Å²) in [5.74, 6) is 0.612. The lowest BCUT2D eigenvalue weighted by molar-refractivity contribution is -0.0573. The fourth-order valence-corrected chi connectivity index (χ4v) is 2.43. The van der Waals surface area contributed by atoms with Crippen molar-refractivity contribution in [2.24, 2.45) is 0 Å². The average Bonchev–Trinajstić information content (AvgIpc) is 2.80. The number of H-pyrrole nitrogens is 1. The van der Waals surface area contributed by atoms with Crippen LogP contribution in [0.25, 0.3) is 5.65 Å². The number of fused-ring (bicyclic) bond motifs is 1. The van der Waals surface area contributed by atoms with Gasteiger partial charge in [0.1, 0.15) is 5.82 Å². The van der Waals surface area contributed by atoms with Crippen LogP contribution in [0, 0.1) is 0 Å². The van der Waals surface area contributed by atoms with Gasteiger partial charge in [-0.3, -0.25) is 0 Å². The fraction of sp³-hybridized carbons (Fsp3) is 0.583. The summed E-state index contributed by atoms with van der Waals surface area (Å²) in [6.45, 7) is 1.58. The Morgan fingerprint density at radius 1 is 1.50 bits per heavy atom. The molecule has 0 radical (unpaired) electrons. The molecule has 8 nitrogen and oxygen atoms in total. The highest BCUT2D eigenvalue weighted by atomic mass is 16.5. The smallest absolute Gasteiger partial charge is 0.364 e. The van der Waals surface area contributed by atoms with Gasteiger partial charge < -0.3 is 14.7 Å². The molecule has 1 fully saturated rings. The number of anilines is 1. The molecule has 0 aromatic carbocycles. The van der Waals surface area contributed by atoms with E-state index in [0.29, 0.717) is 44.1 Å². The van der Waals surface area contributed by atoms with Gasteiger partial charge in [-0.1, -0.05) is 0 Å². The minimum atomic E-state index is -0.773. The summed E-state index contributed by atoms with van der Waals surface area (Å²) < 4.78 is 6.47. The van der Waals surface area contributed by atoms with E-state index in [9.17, 15) is 9.90 Å². The first-order valence-corrected chi connectivity index (χ1v) is 6.53. The third-order valence-electron chi connectivity index (χ3n) is 3.61. The van der Waals surface area contributed by atoms with E-state index in [4.69, 9.17) is 4.74 Å². The van der Waals surface area contributed by atoms with Crippen molar-refractivity contribution in [3.63, 3.8) is 0 Å². The maximum absolute atomic E-state index is 11.5. The predicted molar refractivity (Wildman–Crippen MR) is 71.9 cm³/mol. The zero-order valence-electron chi connectivity index (χ0n) is 11.2. The molecule has 108 valence electrons. The third-order valence-corrected chi connectivity index (χ3v) is 3.61. The number of nitrogens with one attached hydrogen (secondary N) is 1. The van der Waals surface area contributed by atoms with E-state index in [2.05, 4.69) is 15.3 Å². The van der Waals surface area contributed by atoms with E-state index < -0.39 is 5.60 Å². The molecular formula is C12H17N5O3. The molecule has 1 saturated heterocycles. The van der Waals surface area contributed by atoms with Crippen molar-refractivity contribution in [1.29, 1.82) is 0 Å². The Balaban J connectivity index is 1.82. The predicted octanol–water partition coefficient (Wildman–Crippen LogP) is -0.605. The van der Waals surface area contributed by atoms with Crippen molar-refractivity contribution in [2.45, 2.75) is 18.4 Å². The van der Waals surface area contributed by atoms with E-state index in [1.54, 1.807) is 12.1 Å². The third kappa shape index (κ3) is 2.39. The van der Waals surface area contributed by atoms with Crippen LogP contribution in [-0.4, -0.2) is 57.3 Å². The van der Waals surface area contributed by atoms with E-state index >= 15 is 0 Å². The first kappa shape index (κ1) is 13.1. The van der Waals surface area contributed by atoms with E-state index in [0.717, 1.165) is 0 Å². The van der Waals surface area contributed by atoms with Gasteiger partial charge in [0, 0.05) is 39.6 Å². The number of ether oxygens (including phenoxy) is 1. The van der Waals surface area contributed by atoms with Crippen LogP contribution in [-0.2, 0) is 4.74 Å². The summed E-state index contributed by atoms with van der Waals surface area (Å²) in [5, 5.41) is 20.9. The van der Waals surface area contributed by atoms with Crippen LogP contribution < -0.4 is 10.6 Å². The lowest BCUT2D eigenvalue weighted by Crippen LogP contribution is -2.46. The van der Waals surface area contributed by atoms with Crippen molar-refractivity contribution < 1.29 is 9.84 Å². The fourth-order valence-electron chi connectivity index (χ4n) is 2.43. The van der Waals surface area contributed by atoms with Gasteiger partial charge in [-0.15, -0.1) is 5.10 Å². The van der Waals surface area contributed by atoms with Crippen LogP contribution in [0.15, 0.2) is 16.9 Å². The molecule has 0 bridgehead atoms. The number of likely N-dealkylation sites (N-methyl/N-ethyl adjacent to an activating group) is 1. The molecule has 3 heterocycles. The second kappa shape index (κ2) is 4.88. The molecule has 1 aliphatic rings. The minimum absolute atomic E-state index is 0.375. The normalized spacial score (nSPS) is 18.3. The van der Waals surface area contributed by atoms with Gasteiger partial charge in [0.05, 0.1) is 5.60 Å². The zero-order valence-corrected chi connectivity index (χ0v) is 11.2. The molecule has 0 aliphatic carbocycles. The number of nitrogens with zero attached hydrogens (tertiary/aromatic N) is 4. The molecule has 1 aliphatic heterocycles. The molecule has 0 spiro atoms. The standard InChI is InChI=1S/C12H17N5O3/c1-16(8-12(19)4-6-20-7-5-12)10-3-2-9-13-14-11(18)17(9)15-10/h2-3,19H,4-8H2,1H3,(H,14,18). The largest absolute Gasteiger partial charge is 0.388 e. The summed E-state index contributed by atoms with van der Waals surface area (Å²) in [6.07, 6.45) is 1.20. The Labute approximate surface area is 115 Å². The molecule has 2 aromatic rings. The van der Waals surface area contributed by atoms with Gasteiger partial charge in [0.25, 0.3) is 0 Å². The van der Waals surface area contributed by atoms with Crippen LogP contribution in [0.1, 0.15) is 12.8 Å². The number of aliphatic hydroxyl groups is 1. The van der Waals surface area contributed by atoms with Crippen molar-refractivity contribution in [3.05, 3.63) is 22.6 Å². The lowest BCUT2D eigenvalue weighted by Gasteiger charge is -2.35. The second-order valence-electron chi connectivity index (χ2n) is 5.18. The molecule has 0 unspecified atom stereocenters. The van der Waals surface area contributed by atoms with Gasteiger partial charge in [-0.2, -0.15) is 9.61 Å². The Hall–Kier alpha value is -1.93. The summed E-state index contributed by atoms with van der Waals surface area (Å²) in [7, 11) is 1.84. The number of aromatic nitrogens is 4. The zero-order chi connectivity index (χ0) is 14.2. The first-order valence-electron chi connectivity index (χ1n) is 6.53. The monoisotopic (exact) mass is 279 g/mol. The highest BCUT2D eigenvalue weighted by Gasteiger charge is 2.31. The minimum Gasteiger partial charge on any atom is -0.388 e. The van der Waals surface area contributed by atoms with Gasteiger partial charge in [-0.25, -0.2) is 9.89 Å². The summed E-state index contributed by atoms with van der Waals surface area (Å²) in [6, 6.07) is 3.49. The van der Waals surface area contributed by atoms with E-state index in [-0.39, 0.29) is 5.69 Å². The molecule has 20 heavy (non-hydrogen) atoms. The molecule has 2 aromatic heterocycles. The molecule has 3 rings (SSSR count). The summed E-state index contributed by atoms with van der Waals surface area (Å²) >= 11 is 0. The highest BCUT2D eigenvalue weighted by molar-refractivity contribution is 5.44. The molecule has 8 heteroatoms. The molecule has 0 atom stereocenters. The molecule has 2 N–H and O–H groups in total. The van der Waals surface area contributed by atoms with Gasteiger partial charge in [-0.05, 0) is 12.1 Å². The van der Waals surface area contributed by atoms with Gasteiger partial charge >= 0.3 is 5.69 Å². The van der Waals surface area contributed by atoms with Crippen molar-refractivity contribution in [2.75, 3.05) is 31.7 Å². The Morgan fingerprint density at radius 3 is 3.00 bits per heavy atom. The Bertz CT molecular complexity index is 658. The Morgan fingerprint density at radius 2 is 2.25 bits per heavy atom. The number of hydrogen-bond donors (Lipinski definition) is 2. The van der Waals surface area contributed by atoms with Gasteiger partial charge in [0.2, 0.25) is 0 Å². The second-order valence-corrected chi connectivity index (χ2v) is 5.18. The summed E-state index contributed by atoms with van der Waals surface area (Å²) in [4.78, 5) is 13.3. The highest BCUT2D eigenvalue weighted by Crippen LogP contribution is 2.23. The lowest BCUT2D eigenvalue weighted by atomic mass is 9.94. The first-order chi connectivity index (χ1) is 9.57. The quantitative estimate of drug-likeness (QED) is 0.778. The maximum atomic E-state index is 11.5. The number of hydrogen-bond acceptors (Lipinski definition) is 6. The SMILES string of the molecule is CN(CC1(O)CCOCC1)c1ccc2n[nH]c(=O)n2n1. The Kier molecular flexibility index (Phi) is 3.19. The molecular weight excluding hydrogens is 262 g/mol. The van der Waals surface area contributed by atoms with E-state index in [1.165, 1.54) is 4.52 Å². The summed E-state index contributed by atoms with van der Waals surface area (Å²) in [5.41, 5.74) is -0.678. The topological polar surface area (TPSA) is 95.8 Å². The van der Waals surface area contributed by atoms with E-state index in [1.807, 2.05) is 11.9 Å². The van der Waals surface area contributed by atoms with Crippen LogP contribution in [0.3, 0.4) is 0 Å². The van der Waals surface area contributed by atoms with Crippen molar-refractivity contribution >= 4 is 11.5 Å². The number of aromatic amines is 1. The van der Waals surface area contributed by atoms with Crippen molar-refractivity contribution in [1.82, 2.24) is 19.8 Å². The van der Waals surface area contributed by atoms with Crippen LogP contribution in [0.5, 0.6) is 0 Å². The molecule has 0 saturated carbocycles. The van der Waals surface area contributed by atoms with Gasteiger partial charge in [0.15, 0.2) is 5.65 Å². The van der Waals surface area contributed by atoms with Crippen LogP contribution >= 0.6 is 0 Å². The number of rotatable bonds is 3. The van der Waals surface area contributed by atoms with Crippen molar-refractivity contribution in [3.8, 4) is 0 Å². The molecule has 0 amide bonds.